The molecule has 8 fully saturated rings. The minimum atomic E-state index is -0.913. The molecule has 2 heterocycles. The van der Waals surface area contributed by atoms with E-state index in [2.05, 4.69) is 0 Å². The van der Waals surface area contributed by atoms with Gasteiger partial charge in [-0.1, -0.05) is 0 Å². The van der Waals surface area contributed by atoms with Gasteiger partial charge in [-0.2, -0.15) is 0 Å². The van der Waals surface area contributed by atoms with Crippen LogP contribution in [-0.4, -0.2) is 60.4 Å². The Morgan fingerprint density at radius 1 is 0.643 bits per heavy atom. The molecule has 154 valence electrons. The number of aliphatic hydroxyl groups is 2. The maximum atomic E-state index is 12.4. The minimum absolute atomic E-state index is 0.157. The summed E-state index contributed by atoms with van der Waals surface area (Å²) < 4.78 is 24.6. The van der Waals surface area contributed by atoms with Crippen LogP contribution in [-0.2, 0) is 18.9 Å². The topological polar surface area (TPSA) is 77.4 Å². The number of rotatable bonds is 2. The molecule has 8 rings (SSSR count). The highest BCUT2D eigenvalue weighted by atomic mass is 16.7. The second-order valence-corrected chi connectivity index (χ2v) is 11.2. The number of methoxy groups -OCH3 is 2. The Kier molecular flexibility index (Phi) is 2.74. The lowest BCUT2D eigenvalue weighted by Crippen LogP contribution is -2.62. The second kappa shape index (κ2) is 4.66. The molecule has 0 unspecified atom stereocenters. The van der Waals surface area contributed by atoms with Crippen molar-refractivity contribution in [2.75, 3.05) is 14.2 Å². The highest BCUT2D eigenvalue weighted by Crippen LogP contribution is 2.84. The monoisotopic (exact) mass is 390 g/mol. The summed E-state index contributed by atoms with van der Waals surface area (Å²) in [5.41, 5.74) is -1.83. The Bertz CT molecular complexity index is 697. The predicted octanol–water partition coefficient (Wildman–Crippen LogP) is 0.995. The molecule has 0 bridgehead atoms. The molecule has 0 aromatic rings. The molecule has 6 aliphatic carbocycles. The Balaban J connectivity index is 1.41. The molecule has 0 spiro atoms. The van der Waals surface area contributed by atoms with Gasteiger partial charge in [0, 0.05) is 26.1 Å². The molecule has 0 radical (unpaired) electrons. The van der Waals surface area contributed by atoms with Crippen LogP contribution in [0.3, 0.4) is 0 Å². The highest BCUT2D eigenvalue weighted by Gasteiger charge is 2.89. The van der Waals surface area contributed by atoms with E-state index >= 15 is 0 Å². The van der Waals surface area contributed by atoms with Gasteiger partial charge in [-0.3, -0.25) is 0 Å². The number of hydrogen-bond donors (Lipinski definition) is 2. The summed E-state index contributed by atoms with van der Waals surface area (Å²) in [6.45, 7) is 0. The largest absolute Gasteiger partial charge is 0.384 e. The van der Waals surface area contributed by atoms with Gasteiger partial charge in [-0.25, -0.2) is 0 Å². The van der Waals surface area contributed by atoms with Crippen molar-refractivity contribution >= 4 is 0 Å². The maximum absolute atomic E-state index is 12.4. The molecule has 6 heteroatoms. The van der Waals surface area contributed by atoms with E-state index in [1.165, 1.54) is 0 Å². The lowest BCUT2D eigenvalue weighted by molar-refractivity contribution is -0.317. The van der Waals surface area contributed by atoms with Gasteiger partial charge in [0.1, 0.15) is 11.2 Å². The Morgan fingerprint density at radius 2 is 1.07 bits per heavy atom. The molecular formula is C22H30O6. The third-order valence-electron chi connectivity index (χ3n) is 11.2. The first-order chi connectivity index (χ1) is 13.6. The van der Waals surface area contributed by atoms with Crippen LogP contribution >= 0.6 is 0 Å². The summed E-state index contributed by atoms with van der Waals surface area (Å²) in [6, 6.07) is 0. The molecule has 2 N–H and O–H groups in total. The van der Waals surface area contributed by atoms with Gasteiger partial charge in [-0.15, -0.1) is 0 Å². The van der Waals surface area contributed by atoms with Gasteiger partial charge in [0.2, 0.25) is 0 Å². The van der Waals surface area contributed by atoms with Gasteiger partial charge < -0.3 is 29.2 Å². The van der Waals surface area contributed by atoms with Crippen LogP contribution in [0.15, 0.2) is 0 Å². The zero-order chi connectivity index (χ0) is 18.7. The standard InChI is InChI=1S/C22H30O6/c1-25-19-21(23)15-7-4-6-10-12(7)18-13(15)14-16(22(18,24)20(26-2)28-10)8-3-5-9(27-19)11(8)17(14)21/h7-20,23-24H,3-6H2,1-2H3/t7-,8-,9-,10+,11+,12+,13-,14-,15+,16-,17-,18-,19-,20-,21+,22+/m1/s1. The summed E-state index contributed by atoms with van der Waals surface area (Å²) >= 11 is 0. The van der Waals surface area contributed by atoms with Crippen molar-refractivity contribution in [2.24, 2.45) is 59.2 Å². The maximum Gasteiger partial charge on any atom is 0.186 e. The minimum Gasteiger partial charge on any atom is -0.384 e. The molecule has 2 aliphatic heterocycles. The first kappa shape index (κ1) is 16.5. The van der Waals surface area contributed by atoms with Crippen molar-refractivity contribution in [3.63, 3.8) is 0 Å². The summed E-state index contributed by atoms with van der Waals surface area (Å²) in [5.74, 6) is 2.90. The lowest BCUT2D eigenvalue weighted by Gasteiger charge is -2.51. The fraction of sp³-hybridized carbons (Fsp3) is 1.00. The normalized spacial score (nSPS) is 74.1. The number of ether oxygens (including phenoxy) is 4. The predicted molar refractivity (Wildman–Crippen MR) is 94.6 cm³/mol. The lowest BCUT2D eigenvalue weighted by atomic mass is 9.67. The van der Waals surface area contributed by atoms with Crippen molar-refractivity contribution in [3.8, 4) is 0 Å². The molecule has 6 saturated carbocycles. The average Bonchev–Trinajstić information content (AvgIpc) is 3.44. The molecule has 0 amide bonds. The van der Waals surface area contributed by atoms with E-state index in [4.69, 9.17) is 18.9 Å². The van der Waals surface area contributed by atoms with E-state index in [1.807, 2.05) is 0 Å². The molecular weight excluding hydrogens is 360 g/mol. The fourth-order valence-corrected chi connectivity index (χ4v) is 11.3. The molecule has 28 heavy (non-hydrogen) atoms. The highest BCUT2D eigenvalue weighted by molar-refractivity contribution is 5.35. The van der Waals surface area contributed by atoms with Crippen LogP contribution in [0.25, 0.3) is 0 Å². The molecule has 0 aromatic carbocycles. The zero-order valence-electron chi connectivity index (χ0n) is 16.4. The summed E-state index contributed by atoms with van der Waals surface area (Å²) in [5, 5.41) is 24.7. The molecule has 6 nitrogen and oxygen atoms in total. The van der Waals surface area contributed by atoms with Crippen LogP contribution in [0.5, 0.6) is 0 Å². The van der Waals surface area contributed by atoms with Gasteiger partial charge in [0.15, 0.2) is 12.6 Å². The third-order valence-corrected chi connectivity index (χ3v) is 11.2. The third kappa shape index (κ3) is 1.31. The summed E-state index contributed by atoms with van der Waals surface area (Å²) in [7, 11) is 3.38. The first-order valence-corrected chi connectivity index (χ1v) is 11.4. The van der Waals surface area contributed by atoms with Crippen molar-refractivity contribution in [3.05, 3.63) is 0 Å². The smallest absolute Gasteiger partial charge is 0.186 e. The zero-order valence-corrected chi connectivity index (χ0v) is 16.4. The number of hydrogen-bond acceptors (Lipinski definition) is 6. The van der Waals surface area contributed by atoms with E-state index in [0.29, 0.717) is 35.5 Å². The summed E-state index contributed by atoms with van der Waals surface area (Å²) in [4.78, 5) is 0. The van der Waals surface area contributed by atoms with Gasteiger partial charge >= 0.3 is 0 Å². The van der Waals surface area contributed by atoms with Crippen molar-refractivity contribution in [1.82, 2.24) is 0 Å². The number of fused-ring (bicyclic) bond motifs is 4. The fourth-order valence-electron chi connectivity index (χ4n) is 11.3. The SMILES string of the molecule is CO[C@@H]1O[C@H]2CC[C@@H]3[C@@H]2[C@@H]2[C@@H]4[C@H]5[C@H]6[C@H]7[C@@H](CC[C@H]7O[C@@H](OC)[C@]6(O)[C@@H]34)[C@H]5[C@@]12O. The first-order valence-electron chi connectivity index (χ1n) is 11.4. The van der Waals surface area contributed by atoms with Crippen molar-refractivity contribution < 1.29 is 29.2 Å². The van der Waals surface area contributed by atoms with Crippen LogP contribution in [0, 0.1) is 59.2 Å². The van der Waals surface area contributed by atoms with Crippen LogP contribution in [0.2, 0.25) is 0 Å². The second-order valence-electron chi connectivity index (χ2n) is 11.2. The van der Waals surface area contributed by atoms with E-state index in [9.17, 15) is 10.2 Å². The average molecular weight is 390 g/mol. The van der Waals surface area contributed by atoms with E-state index in [-0.39, 0.29) is 35.9 Å². The van der Waals surface area contributed by atoms with Gasteiger partial charge in [0.05, 0.1) is 12.2 Å². The Hall–Kier alpha value is -0.240. The van der Waals surface area contributed by atoms with Crippen LogP contribution in [0.4, 0.5) is 0 Å². The van der Waals surface area contributed by atoms with Crippen molar-refractivity contribution in [2.45, 2.75) is 61.7 Å². The molecule has 16 atom stereocenters. The Morgan fingerprint density at radius 3 is 1.46 bits per heavy atom. The van der Waals surface area contributed by atoms with E-state index < -0.39 is 23.8 Å². The molecule has 8 aliphatic rings. The quantitative estimate of drug-likeness (QED) is 0.733. The van der Waals surface area contributed by atoms with E-state index in [0.717, 1.165) is 25.7 Å². The van der Waals surface area contributed by atoms with Gasteiger partial charge in [0.25, 0.3) is 0 Å². The van der Waals surface area contributed by atoms with Gasteiger partial charge in [-0.05, 0) is 73.0 Å². The molecule has 0 aromatic heterocycles. The summed E-state index contributed by atoms with van der Waals surface area (Å²) in [6.07, 6.45) is 3.41. The van der Waals surface area contributed by atoms with Crippen LogP contribution < -0.4 is 0 Å². The van der Waals surface area contributed by atoms with Crippen molar-refractivity contribution in [1.29, 1.82) is 0 Å². The Labute approximate surface area is 164 Å². The molecule has 2 saturated heterocycles. The van der Waals surface area contributed by atoms with Crippen LogP contribution in [0.1, 0.15) is 25.7 Å². The van der Waals surface area contributed by atoms with E-state index in [1.54, 1.807) is 14.2 Å².